The van der Waals surface area contributed by atoms with E-state index in [1.54, 1.807) is 24.3 Å². The Kier molecular flexibility index (Phi) is 4.65. The van der Waals surface area contributed by atoms with Gasteiger partial charge in [-0.15, -0.1) is 0 Å². The normalized spacial score (nSPS) is 11.3. The summed E-state index contributed by atoms with van der Waals surface area (Å²) < 4.78 is 16.5. The molecule has 2 aromatic rings. The summed E-state index contributed by atoms with van der Waals surface area (Å²) in [5.74, 6) is -1.01. The number of amides is 1. The van der Waals surface area contributed by atoms with Crippen molar-refractivity contribution in [3.8, 4) is 0 Å². The molecule has 0 aliphatic rings. The minimum Gasteiger partial charge on any atom is -0.384 e. The molecule has 0 spiro atoms. The van der Waals surface area contributed by atoms with Gasteiger partial charge in [0, 0.05) is 23.1 Å². The van der Waals surface area contributed by atoms with E-state index < -0.39 is 11.9 Å². The van der Waals surface area contributed by atoms with Gasteiger partial charge < -0.3 is 5.73 Å². The van der Waals surface area contributed by atoms with Crippen LogP contribution in [0.15, 0.2) is 35.4 Å². The van der Waals surface area contributed by atoms with Crippen LogP contribution in [0.2, 0.25) is 0 Å². The number of nitrogens with zero attached hydrogens (tertiary/aromatic N) is 2. The number of carbonyl (C=O) groups is 1. The summed E-state index contributed by atoms with van der Waals surface area (Å²) in [5.41, 5.74) is 5.75. The van der Waals surface area contributed by atoms with E-state index >= 15 is 0 Å². The van der Waals surface area contributed by atoms with Crippen LogP contribution in [0.1, 0.15) is 36.8 Å². The van der Waals surface area contributed by atoms with Crippen LogP contribution < -0.4 is 10.5 Å². The molecule has 2 aromatic heterocycles. The topological polar surface area (TPSA) is 80.9 Å². The van der Waals surface area contributed by atoms with Gasteiger partial charge in [0.05, 0.1) is 5.56 Å². The van der Waals surface area contributed by atoms with Crippen LogP contribution in [0.3, 0.4) is 0 Å². The molecular weight excluding hydrogens is 303 g/mol. The maximum Gasteiger partial charge on any atom is 0.266 e. The van der Waals surface area contributed by atoms with Gasteiger partial charge >= 0.3 is 0 Å². The van der Waals surface area contributed by atoms with Gasteiger partial charge in [0.2, 0.25) is 5.95 Å². The molecule has 0 saturated heterocycles. The molecule has 0 aliphatic heterocycles. The summed E-state index contributed by atoms with van der Waals surface area (Å²) >= 11 is 0.971. The Hall–Kier alpha value is -2.15. The maximum atomic E-state index is 14.0. The predicted octanol–water partition coefficient (Wildman–Crippen LogP) is 2.93. The summed E-state index contributed by atoms with van der Waals surface area (Å²) in [6.07, 6.45) is 0. The van der Waals surface area contributed by atoms with Crippen molar-refractivity contribution in [1.82, 2.24) is 14.7 Å². The third-order valence-electron chi connectivity index (χ3n) is 2.86. The molecule has 0 aliphatic carbocycles. The Labute approximate surface area is 132 Å². The van der Waals surface area contributed by atoms with Crippen molar-refractivity contribution >= 4 is 23.7 Å². The molecule has 3 N–H and O–H groups in total. The summed E-state index contributed by atoms with van der Waals surface area (Å²) in [6.45, 7) is 5.78. The van der Waals surface area contributed by atoms with Crippen molar-refractivity contribution in [3.05, 3.63) is 47.5 Å². The summed E-state index contributed by atoms with van der Waals surface area (Å²) in [5, 5.41) is 0.521. The van der Waals surface area contributed by atoms with Crippen LogP contribution in [0.4, 0.5) is 10.2 Å². The molecule has 1 amide bonds. The van der Waals surface area contributed by atoms with E-state index in [1.807, 2.05) is 20.8 Å². The Balaban J connectivity index is 2.10. The molecule has 7 heteroatoms. The second-order valence-electron chi connectivity index (χ2n) is 5.72. The number of nitrogen functional groups attached to an aromatic ring is 1. The number of nitrogens with one attached hydrogen (secondary N) is 1. The zero-order valence-corrected chi connectivity index (χ0v) is 13.4. The zero-order chi connectivity index (χ0) is 16.3. The van der Waals surface area contributed by atoms with E-state index in [2.05, 4.69) is 14.7 Å². The standard InChI is InChI=1S/C15H17FN4OS/c1-15(2,3)10-8-7-9(13(16)18-10)14(21)20-22-12-6-4-5-11(17)19-12/h4-8H,1-3H3,(H2,17,19)(H,20,21). The van der Waals surface area contributed by atoms with Crippen molar-refractivity contribution in [2.75, 3.05) is 5.73 Å². The fourth-order valence-corrected chi connectivity index (χ4v) is 2.27. The second-order valence-corrected chi connectivity index (χ2v) is 6.55. The van der Waals surface area contributed by atoms with Gasteiger partial charge in [-0.3, -0.25) is 9.52 Å². The van der Waals surface area contributed by atoms with Crippen LogP contribution in [-0.2, 0) is 5.41 Å². The molecule has 5 nitrogen and oxygen atoms in total. The van der Waals surface area contributed by atoms with Crippen LogP contribution in [0.5, 0.6) is 0 Å². The number of carbonyl (C=O) groups excluding carboxylic acids is 1. The van der Waals surface area contributed by atoms with Gasteiger partial charge in [-0.2, -0.15) is 4.39 Å². The number of aromatic nitrogens is 2. The number of nitrogens with two attached hydrogens (primary N) is 1. The maximum absolute atomic E-state index is 14.0. The van der Waals surface area contributed by atoms with Crippen molar-refractivity contribution < 1.29 is 9.18 Å². The van der Waals surface area contributed by atoms with Gasteiger partial charge in [-0.1, -0.05) is 26.8 Å². The van der Waals surface area contributed by atoms with E-state index in [0.717, 1.165) is 11.9 Å². The van der Waals surface area contributed by atoms with E-state index in [0.29, 0.717) is 16.5 Å². The SMILES string of the molecule is CC(C)(C)c1ccc(C(=O)NSc2cccc(N)n2)c(F)n1. The van der Waals surface area contributed by atoms with E-state index in [9.17, 15) is 9.18 Å². The number of rotatable bonds is 3. The van der Waals surface area contributed by atoms with Crippen LogP contribution in [0, 0.1) is 5.95 Å². The highest BCUT2D eigenvalue weighted by molar-refractivity contribution is 7.97. The Morgan fingerprint density at radius 1 is 1.23 bits per heavy atom. The molecule has 0 fully saturated rings. The Morgan fingerprint density at radius 2 is 1.95 bits per heavy atom. The van der Waals surface area contributed by atoms with Crippen LogP contribution >= 0.6 is 11.9 Å². The van der Waals surface area contributed by atoms with Crippen molar-refractivity contribution in [2.45, 2.75) is 31.2 Å². The summed E-state index contributed by atoms with van der Waals surface area (Å²) in [6, 6.07) is 8.14. The second kappa shape index (κ2) is 6.31. The molecule has 0 unspecified atom stereocenters. The lowest BCUT2D eigenvalue weighted by molar-refractivity contribution is 0.0979. The minimum absolute atomic E-state index is 0.107. The number of halogens is 1. The largest absolute Gasteiger partial charge is 0.384 e. The van der Waals surface area contributed by atoms with E-state index in [1.165, 1.54) is 6.07 Å². The molecule has 0 bridgehead atoms. The number of pyridine rings is 2. The molecule has 0 atom stereocenters. The highest BCUT2D eigenvalue weighted by Crippen LogP contribution is 2.21. The number of anilines is 1. The highest BCUT2D eigenvalue weighted by atomic mass is 32.2. The lowest BCUT2D eigenvalue weighted by atomic mass is 9.91. The number of hydrogen-bond acceptors (Lipinski definition) is 5. The molecule has 0 saturated carbocycles. The third kappa shape index (κ3) is 3.94. The first-order valence-electron chi connectivity index (χ1n) is 6.64. The lowest BCUT2D eigenvalue weighted by Gasteiger charge is -2.17. The molecule has 22 heavy (non-hydrogen) atoms. The van der Waals surface area contributed by atoms with Gasteiger partial charge in [0.1, 0.15) is 10.8 Å². The van der Waals surface area contributed by atoms with Gasteiger partial charge in [0.25, 0.3) is 5.91 Å². The molecule has 116 valence electrons. The van der Waals surface area contributed by atoms with Gasteiger partial charge in [0.15, 0.2) is 0 Å². The Morgan fingerprint density at radius 3 is 2.55 bits per heavy atom. The molecule has 2 heterocycles. The van der Waals surface area contributed by atoms with Gasteiger partial charge in [-0.25, -0.2) is 9.97 Å². The first kappa shape index (κ1) is 16.2. The first-order valence-corrected chi connectivity index (χ1v) is 7.46. The fourth-order valence-electron chi connectivity index (χ4n) is 1.66. The molecule has 0 radical (unpaired) electrons. The van der Waals surface area contributed by atoms with Crippen molar-refractivity contribution in [1.29, 1.82) is 0 Å². The molecule has 0 aromatic carbocycles. The van der Waals surface area contributed by atoms with Gasteiger partial charge in [-0.05, 0) is 24.3 Å². The average molecular weight is 320 g/mol. The summed E-state index contributed by atoms with van der Waals surface area (Å²) in [4.78, 5) is 19.9. The lowest BCUT2D eigenvalue weighted by Crippen LogP contribution is -2.20. The quantitative estimate of drug-likeness (QED) is 0.671. The van der Waals surface area contributed by atoms with E-state index in [4.69, 9.17) is 5.73 Å². The predicted molar refractivity (Wildman–Crippen MR) is 84.9 cm³/mol. The summed E-state index contributed by atoms with van der Waals surface area (Å²) in [7, 11) is 0. The Bertz CT molecular complexity index is 700. The van der Waals surface area contributed by atoms with Crippen molar-refractivity contribution in [2.24, 2.45) is 0 Å². The highest BCUT2D eigenvalue weighted by Gasteiger charge is 2.20. The fraction of sp³-hybridized carbons (Fsp3) is 0.267. The van der Waals surface area contributed by atoms with E-state index in [-0.39, 0.29) is 11.0 Å². The molecular formula is C15H17FN4OS. The van der Waals surface area contributed by atoms with Crippen LogP contribution in [-0.4, -0.2) is 15.9 Å². The monoisotopic (exact) mass is 320 g/mol. The molecule has 2 rings (SSSR count). The average Bonchev–Trinajstić information content (AvgIpc) is 2.44. The van der Waals surface area contributed by atoms with Crippen LogP contribution in [0.25, 0.3) is 0 Å². The zero-order valence-electron chi connectivity index (χ0n) is 12.6. The van der Waals surface area contributed by atoms with Crippen molar-refractivity contribution in [3.63, 3.8) is 0 Å². The smallest absolute Gasteiger partial charge is 0.266 e. The first-order chi connectivity index (χ1) is 10.3. The third-order valence-corrected chi connectivity index (χ3v) is 3.58. The minimum atomic E-state index is -0.786. The number of hydrogen-bond donors (Lipinski definition) is 2.